The molecule has 3 atom stereocenters. The first-order chi connectivity index (χ1) is 8.66. The number of hydrogen-bond acceptors (Lipinski definition) is 2. The van der Waals surface area contributed by atoms with Crippen LogP contribution in [0.15, 0.2) is 28.7 Å². The second-order valence-corrected chi connectivity index (χ2v) is 6.19. The Morgan fingerprint density at radius 1 is 1.22 bits per heavy atom. The molecule has 0 heterocycles. The highest BCUT2D eigenvalue weighted by molar-refractivity contribution is 9.10. The number of halogens is 1. The molecule has 1 N–H and O–H groups in total. The van der Waals surface area contributed by atoms with Gasteiger partial charge in [0, 0.05) is 17.1 Å². The molecule has 1 aromatic rings. The Labute approximate surface area is 118 Å². The molecule has 1 aliphatic carbocycles. The fourth-order valence-electron chi connectivity index (χ4n) is 2.60. The number of rotatable bonds is 5. The summed E-state index contributed by atoms with van der Waals surface area (Å²) in [7, 11) is 0. The summed E-state index contributed by atoms with van der Waals surface area (Å²) in [6, 6.07) is 8.66. The molecule has 1 saturated carbocycles. The highest BCUT2D eigenvalue weighted by atomic mass is 79.9. The predicted octanol–water partition coefficient (Wildman–Crippen LogP) is 3.85. The smallest absolute Gasteiger partial charge is 0.119 e. The van der Waals surface area contributed by atoms with Gasteiger partial charge < -0.3 is 10.1 Å². The fourth-order valence-corrected chi connectivity index (χ4v) is 2.86. The normalized spacial score (nSPS) is 27.4. The highest BCUT2D eigenvalue weighted by Crippen LogP contribution is 2.30. The molecular formula is C15H22BrNO. The van der Waals surface area contributed by atoms with Crippen LogP contribution in [0.1, 0.15) is 26.7 Å². The van der Waals surface area contributed by atoms with E-state index in [1.54, 1.807) is 0 Å². The standard InChI is InChI=1S/C15H22BrNO/c1-11-3-8-15(12(11)2)17-9-10-18-14-6-4-13(16)5-7-14/h4-7,11-12,15,17H,3,8-10H2,1-2H3. The van der Waals surface area contributed by atoms with E-state index < -0.39 is 0 Å². The molecule has 100 valence electrons. The largest absolute Gasteiger partial charge is 0.492 e. The summed E-state index contributed by atoms with van der Waals surface area (Å²) in [5.41, 5.74) is 0. The second-order valence-electron chi connectivity index (χ2n) is 5.28. The lowest BCUT2D eigenvalue weighted by Crippen LogP contribution is -2.35. The molecule has 0 saturated heterocycles. The molecule has 2 nitrogen and oxygen atoms in total. The number of benzene rings is 1. The lowest BCUT2D eigenvalue weighted by atomic mass is 9.98. The van der Waals surface area contributed by atoms with Gasteiger partial charge in [0.05, 0.1) is 0 Å². The van der Waals surface area contributed by atoms with E-state index in [2.05, 4.69) is 35.1 Å². The number of nitrogens with one attached hydrogen (secondary N) is 1. The van der Waals surface area contributed by atoms with Gasteiger partial charge in [-0.25, -0.2) is 0 Å². The van der Waals surface area contributed by atoms with Crippen LogP contribution in [0.5, 0.6) is 5.75 Å². The van der Waals surface area contributed by atoms with E-state index in [1.165, 1.54) is 12.8 Å². The molecule has 0 bridgehead atoms. The zero-order chi connectivity index (χ0) is 13.0. The van der Waals surface area contributed by atoms with Crippen LogP contribution in [-0.4, -0.2) is 19.2 Å². The Morgan fingerprint density at radius 2 is 1.94 bits per heavy atom. The Hall–Kier alpha value is -0.540. The lowest BCUT2D eigenvalue weighted by molar-refractivity contribution is 0.290. The monoisotopic (exact) mass is 311 g/mol. The first-order valence-electron chi connectivity index (χ1n) is 6.78. The Balaban J connectivity index is 1.66. The first-order valence-corrected chi connectivity index (χ1v) is 7.58. The predicted molar refractivity (Wildman–Crippen MR) is 79.0 cm³/mol. The van der Waals surface area contributed by atoms with E-state index in [0.29, 0.717) is 6.04 Å². The van der Waals surface area contributed by atoms with Crippen molar-refractivity contribution in [2.45, 2.75) is 32.7 Å². The van der Waals surface area contributed by atoms with Crippen molar-refractivity contribution >= 4 is 15.9 Å². The van der Waals surface area contributed by atoms with E-state index in [-0.39, 0.29) is 0 Å². The number of ether oxygens (including phenoxy) is 1. The molecule has 0 aromatic heterocycles. The van der Waals surface area contributed by atoms with E-state index >= 15 is 0 Å². The van der Waals surface area contributed by atoms with Crippen molar-refractivity contribution in [1.82, 2.24) is 5.32 Å². The van der Waals surface area contributed by atoms with Crippen LogP contribution in [0, 0.1) is 11.8 Å². The quantitative estimate of drug-likeness (QED) is 0.834. The van der Waals surface area contributed by atoms with E-state index in [0.717, 1.165) is 35.2 Å². The molecule has 1 fully saturated rings. The molecule has 0 amide bonds. The minimum atomic E-state index is 0.675. The maximum atomic E-state index is 5.70. The van der Waals surface area contributed by atoms with Gasteiger partial charge in [-0.3, -0.25) is 0 Å². The molecule has 2 rings (SSSR count). The van der Waals surface area contributed by atoms with Crippen LogP contribution in [0.3, 0.4) is 0 Å². The maximum absolute atomic E-state index is 5.70. The van der Waals surface area contributed by atoms with Crippen molar-refractivity contribution in [2.24, 2.45) is 11.8 Å². The van der Waals surface area contributed by atoms with Crippen LogP contribution in [0.4, 0.5) is 0 Å². The average Bonchev–Trinajstić information content (AvgIpc) is 2.68. The van der Waals surface area contributed by atoms with Crippen LogP contribution >= 0.6 is 15.9 Å². The maximum Gasteiger partial charge on any atom is 0.119 e. The molecular weight excluding hydrogens is 290 g/mol. The molecule has 1 aromatic carbocycles. The van der Waals surface area contributed by atoms with Gasteiger partial charge in [0.2, 0.25) is 0 Å². The summed E-state index contributed by atoms with van der Waals surface area (Å²) < 4.78 is 6.78. The third kappa shape index (κ3) is 3.72. The van der Waals surface area contributed by atoms with Gasteiger partial charge in [-0.1, -0.05) is 29.8 Å². The van der Waals surface area contributed by atoms with Crippen molar-refractivity contribution in [3.05, 3.63) is 28.7 Å². The van der Waals surface area contributed by atoms with Gasteiger partial charge in [-0.05, 0) is 48.9 Å². The van der Waals surface area contributed by atoms with Crippen LogP contribution in [0.25, 0.3) is 0 Å². The van der Waals surface area contributed by atoms with Crippen molar-refractivity contribution in [2.75, 3.05) is 13.2 Å². The molecule has 0 spiro atoms. The Morgan fingerprint density at radius 3 is 2.56 bits per heavy atom. The van der Waals surface area contributed by atoms with Gasteiger partial charge in [-0.2, -0.15) is 0 Å². The van der Waals surface area contributed by atoms with Crippen LogP contribution < -0.4 is 10.1 Å². The minimum Gasteiger partial charge on any atom is -0.492 e. The third-order valence-corrected chi connectivity index (χ3v) is 4.58. The van der Waals surface area contributed by atoms with Crippen LogP contribution in [0.2, 0.25) is 0 Å². The Kier molecular flexibility index (Phi) is 5.07. The molecule has 3 unspecified atom stereocenters. The zero-order valence-corrected chi connectivity index (χ0v) is 12.7. The molecule has 18 heavy (non-hydrogen) atoms. The van der Waals surface area contributed by atoms with E-state index in [4.69, 9.17) is 4.74 Å². The summed E-state index contributed by atoms with van der Waals surface area (Å²) in [4.78, 5) is 0. The van der Waals surface area contributed by atoms with Crippen LogP contribution in [-0.2, 0) is 0 Å². The van der Waals surface area contributed by atoms with Crippen molar-refractivity contribution in [3.63, 3.8) is 0 Å². The summed E-state index contributed by atoms with van der Waals surface area (Å²) >= 11 is 3.42. The molecule has 0 aliphatic heterocycles. The third-order valence-electron chi connectivity index (χ3n) is 4.06. The first kappa shape index (κ1) is 13.9. The molecule has 1 aliphatic rings. The molecule has 3 heteroatoms. The zero-order valence-electron chi connectivity index (χ0n) is 11.2. The van der Waals surface area contributed by atoms with Crippen molar-refractivity contribution < 1.29 is 4.74 Å². The molecule has 0 radical (unpaired) electrons. The van der Waals surface area contributed by atoms with E-state index in [1.807, 2.05) is 24.3 Å². The summed E-state index contributed by atoms with van der Waals surface area (Å²) in [5.74, 6) is 2.58. The van der Waals surface area contributed by atoms with Gasteiger partial charge >= 0.3 is 0 Å². The van der Waals surface area contributed by atoms with Crippen molar-refractivity contribution in [1.29, 1.82) is 0 Å². The van der Waals surface area contributed by atoms with Gasteiger partial charge in [0.1, 0.15) is 12.4 Å². The van der Waals surface area contributed by atoms with Gasteiger partial charge in [-0.15, -0.1) is 0 Å². The second kappa shape index (κ2) is 6.58. The van der Waals surface area contributed by atoms with Gasteiger partial charge in [0.25, 0.3) is 0 Å². The topological polar surface area (TPSA) is 21.3 Å². The Bertz CT molecular complexity index is 365. The summed E-state index contributed by atoms with van der Waals surface area (Å²) in [6.07, 6.45) is 2.66. The summed E-state index contributed by atoms with van der Waals surface area (Å²) in [5, 5.41) is 3.61. The SMILES string of the molecule is CC1CCC(NCCOc2ccc(Br)cc2)C1C. The van der Waals surface area contributed by atoms with Crippen molar-refractivity contribution in [3.8, 4) is 5.75 Å². The van der Waals surface area contributed by atoms with E-state index in [9.17, 15) is 0 Å². The van der Waals surface area contributed by atoms with Gasteiger partial charge in [0.15, 0.2) is 0 Å². The average molecular weight is 312 g/mol. The highest BCUT2D eigenvalue weighted by Gasteiger charge is 2.28. The summed E-state index contributed by atoms with van der Waals surface area (Å²) in [6.45, 7) is 6.37. The lowest BCUT2D eigenvalue weighted by Gasteiger charge is -2.19. The number of hydrogen-bond donors (Lipinski definition) is 1. The fraction of sp³-hybridized carbons (Fsp3) is 0.600. The minimum absolute atomic E-state index is 0.675.